The summed E-state index contributed by atoms with van der Waals surface area (Å²) in [6.07, 6.45) is 1.28. The first-order chi connectivity index (χ1) is 10.4. The van der Waals surface area contributed by atoms with Crippen LogP contribution in [0.4, 0.5) is 15.2 Å². The van der Waals surface area contributed by atoms with Crippen LogP contribution in [-0.2, 0) is 10.0 Å². The smallest absolute Gasteiger partial charge is 0.249 e. The van der Waals surface area contributed by atoms with Crippen molar-refractivity contribution in [1.82, 2.24) is 4.98 Å². The van der Waals surface area contributed by atoms with E-state index in [9.17, 15) is 12.8 Å². The molecule has 22 heavy (non-hydrogen) atoms. The van der Waals surface area contributed by atoms with Crippen molar-refractivity contribution in [2.75, 3.05) is 36.0 Å². The van der Waals surface area contributed by atoms with Gasteiger partial charge in [-0.15, -0.1) is 0 Å². The number of hydrogen-bond acceptors (Lipinski definition) is 6. The standard InChI is InChI=1S/C13H15FN4O2S2/c14-10-3-1-2-4-11(10)17-5-7-18(8-6-17)13-16-9-12(21-13)22(15,19)20/h1-4,9H,5-8H2,(H2,15,19,20). The van der Waals surface area contributed by atoms with Crippen molar-refractivity contribution in [3.8, 4) is 0 Å². The van der Waals surface area contributed by atoms with Crippen LogP contribution in [0.3, 0.4) is 0 Å². The lowest BCUT2D eigenvalue weighted by Gasteiger charge is -2.36. The number of sulfonamides is 1. The fourth-order valence-corrected chi connectivity index (χ4v) is 3.97. The second-order valence-electron chi connectivity index (χ2n) is 4.93. The molecule has 1 aromatic carbocycles. The number of piperazine rings is 1. The summed E-state index contributed by atoms with van der Waals surface area (Å²) >= 11 is 1.06. The Morgan fingerprint density at radius 3 is 2.36 bits per heavy atom. The Hall–Kier alpha value is -1.71. The zero-order valence-electron chi connectivity index (χ0n) is 11.6. The molecule has 9 heteroatoms. The molecule has 2 aromatic rings. The van der Waals surface area contributed by atoms with Gasteiger partial charge < -0.3 is 9.80 Å². The van der Waals surface area contributed by atoms with Crippen LogP contribution in [-0.4, -0.2) is 39.6 Å². The summed E-state index contributed by atoms with van der Waals surface area (Å²) in [7, 11) is -3.71. The van der Waals surface area contributed by atoms with Gasteiger partial charge in [0, 0.05) is 26.2 Å². The third-order valence-electron chi connectivity index (χ3n) is 3.50. The van der Waals surface area contributed by atoms with Gasteiger partial charge >= 0.3 is 0 Å². The van der Waals surface area contributed by atoms with Crippen LogP contribution < -0.4 is 14.9 Å². The number of benzene rings is 1. The van der Waals surface area contributed by atoms with Gasteiger partial charge in [0.15, 0.2) is 9.34 Å². The van der Waals surface area contributed by atoms with Gasteiger partial charge in [-0.25, -0.2) is 22.9 Å². The number of anilines is 2. The molecule has 1 fully saturated rings. The van der Waals surface area contributed by atoms with E-state index in [1.54, 1.807) is 12.1 Å². The number of nitrogens with two attached hydrogens (primary N) is 1. The Kier molecular flexibility index (Phi) is 4.02. The van der Waals surface area contributed by atoms with Gasteiger partial charge in [0.1, 0.15) is 5.82 Å². The molecule has 2 N–H and O–H groups in total. The lowest BCUT2D eigenvalue weighted by atomic mass is 10.2. The van der Waals surface area contributed by atoms with Crippen LogP contribution in [0.15, 0.2) is 34.7 Å². The predicted octanol–water partition coefficient (Wildman–Crippen LogP) is 1.26. The first-order valence-corrected chi connectivity index (χ1v) is 9.04. The van der Waals surface area contributed by atoms with Crippen LogP contribution in [0, 0.1) is 5.82 Å². The number of nitrogens with zero attached hydrogens (tertiary/aromatic N) is 3. The van der Waals surface area contributed by atoms with Crippen molar-refractivity contribution in [2.45, 2.75) is 4.21 Å². The summed E-state index contributed by atoms with van der Waals surface area (Å²) < 4.78 is 36.4. The van der Waals surface area contributed by atoms with E-state index in [0.717, 1.165) is 11.3 Å². The molecule has 0 unspecified atom stereocenters. The lowest BCUT2D eigenvalue weighted by molar-refractivity contribution is 0.597. The van der Waals surface area contributed by atoms with Gasteiger partial charge in [-0.2, -0.15) is 0 Å². The number of thiazole rings is 1. The van der Waals surface area contributed by atoms with E-state index in [4.69, 9.17) is 5.14 Å². The Morgan fingerprint density at radius 1 is 1.14 bits per heavy atom. The summed E-state index contributed by atoms with van der Waals surface area (Å²) in [4.78, 5) is 8.07. The van der Waals surface area contributed by atoms with Gasteiger partial charge in [-0.3, -0.25) is 0 Å². The minimum atomic E-state index is -3.71. The second kappa shape index (κ2) is 5.82. The summed E-state index contributed by atoms with van der Waals surface area (Å²) in [6, 6.07) is 6.68. The van der Waals surface area contributed by atoms with Crippen LogP contribution in [0.25, 0.3) is 0 Å². The van der Waals surface area contributed by atoms with E-state index in [0.29, 0.717) is 37.0 Å². The lowest BCUT2D eigenvalue weighted by Crippen LogP contribution is -2.46. The summed E-state index contributed by atoms with van der Waals surface area (Å²) in [5.74, 6) is -0.235. The molecule has 0 radical (unpaired) electrons. The van der Waals surface area contributed by atoms with E-state index >= 15 is 0 Å². The quantitative estimate of drug-likeness (QED) is 0.908. The summed E-state index contributed by atoms with van der Waals surface area (Å²) in [5, 5.41) is 5.71. The third-order valence-corrected chi connectivity index (χ3v) is 5.96. The summed E-state index contributed by atoms with van der Waals surface area (Å²) in [6.45, 7) is 2.58. The number of rotatable bonds is 3. The van der Waals surface area contributed by atoms with Crippen molar-refractivity contribution in [1.29, 1.82) is 0 Å². The van der Waals surface area contributed by atoms with Gasteiger partial charge in [0.2, 0.25) is 10.0 Å². The van der Waals surface area contributed by atoms with E-state index in [-0.39, 0.29) is 10.0 Å². The van der Waals surface area contributed by atoms with Crippen LogP contribution in [0.2, 0.25) is 0 Å². The third kappa shape index (κ3) is 3.06. The molecule has 1 aliphatic rings. The Morgan fingerprint density at radius 2 is 1.77 bits per heavy atom. The minimum absolute atomic E-state index is 0.0547. The topological polar surface area (TPSA) is 79.5 Å². The fourth-order valence-electron chi connectivity index (χ4n) is 2.38. The number of primary sulfonamides is 1. The van der Waals surface area contributed by atoms with Crippen molar-refractivity contribution in [3.05, 3.63) is 36.3 Å². The average Bonchev–Trinajstić information content (AvgIpc) is 2.98. The van der Waals surface area contributed by atoms with E-state index < -0.39 is 10.0 Å². The molecular weight excluding hydrogens is 327 g/mol. The first-order valence-electron chi connectivity index (χ1n) is 6.68. The zero-order chi connectivity index (χ0) is 15.7. The number of aromatic nitrogens is 1. The highest BCUT2D eigenvalue weighted by atomic mass is 32.2. The maximum Gasteiger partial charge on any atom is 0.249 e. The Bertz CT molecular complexity index is 770. The summed E-state index contributed by atoms with van der Waals surface area (Å²) in [5.41, 5.74) is 0.589. The number of para-hydroxylation sites is 1. The van der Waals surface area contributed by atoms with E-state index in [2.05, 4.69) is 4.98 Å². The SMILES string of the molecule is NS(=O)(=O)c1cnc(N2CCN(c3ccccc3F)CC2)s1. The van der Waals surface area contributed by atoms with Gasteiger partial charge in [0.05, 0.1) is 11.9 Å². The van der Waals surface area contributed by atoms with Gasteiger partial charge in [0.25, 0.3) is 0 Å². The number of halogens is 1. The maximum absolute atomic E-state index is 13.8. The highest BCUT2D eigenvalue weighted by molar-refractivity contribution is 7.91. The zero-order valence-corrected chi connectivity index (χ0v) is 13.3. The molecule has 1 aliphatic heterocycles. The molecule has 118 valence electrons. The minimum Gasteiger partial charge on any atom is -0.366 e. The van der Waals surface area contributed by atoms with Crippen molar-refractivity contribution >= 4 is 32.2 Å². The maximum atomic E-state index is 13.8. The van der Waals surface area contributed by atoms with Gasteiger partial charge in [-0.1, -0.05) is 23.5 Å². The van der Waals surface area contributed by atoms with Crippen LogP contribution in [0.5, 0.6) is 0 Å². The predicted molar refractivity (Wildman–Crippen MR) is 84.3 cm³/mol. The van der Waals surface area contributed by atoms with Gasteiger partial charge in [-0.05, 0) is 12.1 Å². The average molecular weight is 342 g/mol. The van der Waals surface area contributed by atoms with E-state index in [1.807, 2.05) is 15.9 Å². The second-order valence-corrected chi connectivity index (χ2v) is 7.73. The highest BCUT2D eigenvalue weighted by Crippen LogP contribution is 2.27. The highest BCUT2D eigenvalue weighted by Gasteiger charge is 2.22. The first kappa shape index (κ1) is 15.2. The molecule has 0 amide bonds. The monoisotopic (exact) mass is 342 g/mol. The van der Waals surface area contributed by atoms with Crippen molar-refractivity contribution in [2.24, 2.45) is 5.14 Å². The van der Waals surface area contributed by atoms with Crippen LogP contribution >= 0.6 is 11.3 Å². The molecule has 0 bridgehead atoms. The molecule has 0 atom stereocenters. The molecule has 1 saturated heterocycles. The van der Waals surface area contributed by atoms with Crippen molar-refractivity contribution in [3.63, 3.8) is 0 Å². The molecular formula is C13H15FN4O2S2. The number of hydrogen-bond donors (Lipinski definition) is 1. The molecule has 3 rings (SSSR count). The molecule has 0 aliphatic carbocycles. The Labute approximate surface area is 132 Å². The van der Waals surface area contributed by atoms with Crippen LogP contribution in [0.1, 0.15) is 0 Å². The molecule has 0 saturated carbocycles. The van der Waals surface area contributed by atoms with Crippen molar-refractivity contribution < 1.29 is 12.8 Å². The molecule has 1 aromatic heterocycles. The molecule has 6 nitrogen and oxygen atoms in total. The molecule has 0 spiro atoms. The van der Waals surface area contributed by atoms with E-state index in [1.165, 1.54) is 12.3 Å². The fraction of sp³-hybridized carbons (Fsp3) is 0.308. The largest absolute Gasteiger partial charge is 0.366 e. The Balaban J connectivity index is 1.70. The molecule has 2 heterocycles. The normalized spacial score (nSPS) is 16.1.